The van der Waals surface area contributed by atoms with Gasteiger partial charge in [0.1, 0.15) is 0 Å². The SMILES string of the molecule is CCCC1(C(CNC)C(C)C)COC1. The highest BCUT2D eigenvalue weighted by Gasteiger charge is 2.45. The summed E-state index contributed by atoms with van der Waals surface area (Å²) in [6.45, 7) is 10.0. The first-order chi connectivity index (χ1) is 6.66. The maximum absolute atomic E-state index is 5.44. The van der Waals surface area contributed by atoms with E-state index in [9.17, 15) is 0 Å². The molecule has 0 aromatic rings. The van der Waals surface area contributed by atoms with Crippen molar-refractivity contribution < 1.29 is 4.74 Å². The molecular formula is C12H25NO. The lowest BCUT2D eigenvalue weighted by Crippen LogP contribution is -2.52. The third kappa shape index (κ3) is 2.29. The lowest BCUT2D eigenvalue weighted by atomic mass is 9.66. The van der Waals surface area contributed by atoms with Crippen LogP contribution < -0.4 is 5.32 Å². The van der Waals surface area contributed by atoms with Crippen LogP contribution in [0.1, 0.15) is 33.6 Å². The van der Waals surface area contributed by atoms with E-state index in [1.54, 1.807) is 0 Å². The van der Waals surface area contributed by atoms with Gasteiger partial charge in [-0.15, -0.1) is 0 Å². The van der Waals surface area contributed by atoms with Crippen LogP contribution in [0.4, 0.5) is 0 Å². The van der Waals surface area contributed by atoms with E-state index in [-0.39, 0.29) is 0 Å². The molecule has 2 nitrogen and oxygen atoms in total. The summed E-state index contributed by atoms with van der Waals surface area (Å²) in [5, 5.41) is 3.33. The van der Waals surface area contributed by atoms with Crippen LogP contribution >= 0.6 is 0 Å². The molecule has 1 rings (SSSR count). The Morgan fingerprint density at radius 2 is 2.00 bits per heavy atom. The van der Waals surface area contributed by atoms with Gasteiger partial charge < -0.3 is 10.1 Å². The minimum Gasteiger partial charge on any atom is -0.380 e. The highest BCUT2D eigenvalue weighted by molar-refractivity contribution is 4.93. The second kappa shape index (κ2) is 5.13. The molecule has 14 heavy (non-hydrogen) atoms. The average molecular weight is 199 g/mol. The second-order valence-corrected chi connectivity index (χ2v) is 5.01. The highest BCUT2D eigenvalue weighted by atomic mass is 16.5. The predicted molar refractivity (Wildman–Crippen MR) is 60.4 cm³/mol. The van der Waals surface area contributed by atoms with Crippen molar-refractivity contribution in [2.75, 3.05) is 26.8 Å². The van der Waals surface area contributed by atoms with Crippen LogP contribution in [0, 0.1) is 17.3 Å². The van der Waals surface area contributed by atoms with Gasteiger partial charge in [-0.1, -0.05) is 27.2 Å². The standard InChI is InChI=1S/C12H25NO/c1-5-6-12(8-14-9-12)11(7-13-4)10(2)3/h10-11,13H,5-9H2,1-4H3. The van der Waals surface area contributed by atoms with Gasteiger partial charge in [0, 0.05) is 5.41 Å². The van der Waals surface area contributed by atoms with E-state index in [1.807, 2.05) is 0 Å². The van der Waals surface area contributed by atoms with E-state index in [1.165, 1.54) is 12.8 Å². The Labute approximate surface area is 88.4 Å². The summed E-state index contributed by atoms with van der Waals surface area (Å²) < 4.78 is 5.44. The Hall–Kier alpha value is -0.0800. The smallest absolute Gasteiger partial charge is 0.0548 e. The van der Waals surface area contributed by atoms with Crippen molar-refractivity contribution >= 4 is 0 Å². The fraction of sp³-hybridized carbons (Fsp3) is 1.00. The van der Waals surface area contributed by atoms with Gasteiger partial charge in [0.05, 0.1) is 13.2 Å². The Morgan fingerprint density at radius 3 is 2.29 bits per heavy atom. The van der Waals surface area contributed by atoms with Crippen LogP contribution in [-0.4, -0.2) is 26.8 Å². The molecule has 1 unspecified atom stereocenters. The zero-order chi connectivity index (χ0) is 10.6. The van der Waals surface area contributed by atoms with E-state index in [0.717, 1.165) is 31.6 Å². The number of hydrogen-bond donors (Lipinski definition) is 1. The largest absolute Gasteiger partial charge is 0.380 e. The van der Waals surface area contributed by atoms with Crippen molar-refractivity contribution in [2.24, 2.45) is 17.3 Å². The maximum atomic E-state index is 5.44. The zero-order valence-corrected chi connectivity index (χ0v) is 10.1. The molecular weight excluding hydrogens is 174 g/mol. The predicted octanol–water partition coefficient (Wildman–Crippen LogP) is 2.29. The van der Waals surface area contributed by atoms with Crippen LogP contribution in [0.25, 0.3) is 0 Å². The van der Waals surface area contributed by atoms with Crippen LogP contribution in [0.2, 0.25) is 0 Å². The molecule has 0 aromatic heterocycles. The van der Waals surface area contributed by atoms with Gasteiger partial charge in [-0.05, 0) is 31.8 Å². The Kier molecular flexibility index (Phi) is 4.39. The first-order valence-corrected chi connectivity index (χ1v) is 5.88. The number of hydrogen-bond acceptors (Lipinski definition) is 2. The molecule has 0 spiro atoms. The molecule has 0 aromatic carbocycles. The van der Waals surface area contributed by atoms with Gasteiger partial charge >= 0.3 is 0 Å². The van der Waals surface area contributed by atoms with Crippen molar-refractivity contribution in [3.05, 3.63) is 0 Å². The van der Waals surface area contributed by atoms with Crippen LogP contribution in [0.3, 0.4) is 0 Å². The molecule has 2 heteroatoms. The topological polar surface area (TPSA) is 21.3 Å². The Morgan fingerprint density at radius 1 is 1.36 bits per heavy atom. The van der Waals surface area contributed by atoms with Crippen LogP contribution in [-0.2, 0) is 4.74 Å². The van der Waals surface area contributed by atoms with E-state index in [2.05, 4.69) is 33.1 Å². The number of ether oxygens (including phenoxy) is 1. The van der Waals surface area contributed by atoms with Gasteiger partial charge in [-0.25, -0.2) is 0 Å². The third-order valence-corrected chi connectivity index (χ3v) is 3.54. The van der Waals surface area contributed by atoms with Gasteiger partial charge in [0.15, 0.2) is 0 Å². The number of nitrogens with one attached hydrogen (secondary N) is 1. The van der Waals surface area contributed by atoms with E-state index < -0.39 is 0 Å². The lowest BCUT2D eigenvalue weighted by molar-refractivity contribution is -0.158. The minimum absolute atomic E-state index is 0.478. The summed E-state index contributed by atoms with van der Waals surface area (Å²) in [6, 6.07) is 0. The maximum Gasteiger partial charge on any atom is 0.0548 e. The fourth-order valence-electron chi connectivity index (χ4n) is 2.79. The van der Waals surface area contributed by atoms with E-state index in [0.29, 0.717) is 5.41 Å². The van der Waals surface area contributed by atoms with Gasteiger partial charge in [0.25, 0.3) is 0 Å². The molecule has 0 amide bonds. The summed E-state index contributed by atoms with van der Waals surface area (Å²) >= 11 is 0. The molecule has 0 radical (unpaired) electrons. The second-order valence-electron chi connectivity index (χ2n) is 5.01. The monoisotopic (exact) mass is 199 g/mol. The highest BCUT2D eigenvalue weighted by Crippen LogP contribution is 2.43. The third-order valence-electron chi connectivity index (χ3n) is 3.54. The van der Waals surface area contributed by atoms with Gasteiger partial charge in [-0.3, -0.25) is 0 Å². The molecule has 0 bridgehead atoms. The molecule has 1 heterocycles. The molecule has 1 saturated heterocycles. The Balaban J connectivity index is 2.62. The van der Waals surface area contributed by atoms with Gasteiger partial charge in [0.2, 0.25) is 0 Å². The molecule has 1 aliphatic heterocycles. The van der Waals surface area contributed by atoms with Gasteiger partial charge in [-0.2, -0.15) is 0 Å². The quantitative estimate of drug-likeness (QED) is 0.708. The normalized spacial score (nSPS) is 22.1. The molecule has 0 saturated carbocycles. The summed E-state index contributed by atoms with van der Waals surface area (Å²) in [5.41, 5.74) is 0.478. The van der Waals surface area contributed by atoms with Crippen molar-refractivity contribution in [3.63, 3.8) is 0 Å². The van der Waals surface area contributed by atoms with E-state index >= 15 is 0 Å². The minimum atomic E-state index is 0.478. The first-order valence-electron chi connectivity index (χ1n) is 5.88. The first kappa shape index (κ1) is 12.0. The molecule has 1 N–H and O–H groups in total. The number of rotatable bonds is 6. The molecule has 84 valence electrons. The molecule has 1 fully saturated rings. The summed E-state index contributed by atoms with van der Waals surface area (Å²) in [5.74, 6) is 1.51. The van der Waals surface area contributed by atoms with Crippen LogP contribution in [0.15, 0.2) is 0 Å². The molecule has 0 aliphatic carbocycles. The van der Waals surface area contributed by atoms with Crippen molar-refractivity contribution in [1.29, 1.82) is 0 Å². The lowest BCUT2D eigenvalue weighted by Gasteiger charge is -2.49. The fourth-order valence-corrected chi connectivity index (χ4v) is 2.79. The zero-order valence-electron chi connectivity index (χ0n) is 10.1. The van der Waals surface area contributed by atoms with Crippen molar-refractivity contribution in [3.8, 4) is 0 Å². The molecule has 1 atom stereocenters. The summed E-state index contributed by atoms with van der Waals surface area (Å²) in [4.78, 5) is 0. The van der Waals surface area contributed by atoms with Crippen molar-refractivity contribution in [1.82, 2.24) is 5.32 Å². The van der Waals surface area contributed by atoms with Crippen molar-refractivity contribution in [2.45, 2.75) is 33.6 Å². The average Bonchev–Trinajstić information content (AvgIpc) is 2.08. The molecule has 1 aliphatic rings. The summed E-state index contributed by atoms with van der Waals surface area (Å²) in [7, 11) is 2.05. The summed E-state index contributed by atoms with van der Waals surface area (Å²) in [6.07, 6.45) is 2.59. The van der Waals surface area contributed by atoms with E-state index in [4.69, 9.17) is 4.74 Å². The van der Waals surface area contributed by atoms with Crippen LogP contribution in [0.5, 0.6) is 0 Å². The Bertz CT molecular complexity index is 164.